The number of rotatable bonds is 5. The molecule has 0 saturated carbocycles. The fourth-order valence-electron chi connectivity index (χ4n) is 2.33. The molecule has 3 N–H and O–H groups in total. The second kappa shape index (κ2) is 8.17. The molecule has 0 spiro atoms. The second-order valence-electron chi connectivity index (χ2n) is 5.61. The minimum atomic E-state index is -1.02. The molecule has 0 aromatic heterocycles. The largest absolute Gasteiger partial charge is 0.321 e. The van der Waals surface area contributed by atoms with E-state index in [0.717, 1.165) is 17.7 Å². The number of hydrazone groups is 1. The first kappa shape index (κ1) is 18.2. The van der Waals surface area contributed by atoms with Crippen molar-refractivity contribution in [2.24, 2.45) is 10.1 Å². The Balaban J connectivity index is 1.57. The van der Waals surface area contributed by atoms with E-state index >= 15 is 0 Å². The summed E-state index contributed by atoms with van der Waals surface area (Å²) in [5.41, 5.74) is 2.85. The molecular weight excluding hydrogens is 356 g/mol. The predicted octanol–water partition coefficient (Wildman–Crippen LogP) is 1.77. The Kier molecular flexibility index (Phi) is 5.50. The number of aliphatic imine (C=N–C) groups is 1. The third kappa shape index (κ3) is 4.72. The van der Waals surface area contributed by atoms with E-state index in [0.29, 0.717) is 0 Å². The van der Waals surface area contributed by atoms with Crippen molar-refractivity contribution in [1.29, 1.82) is 0 Å². The Morgan fingerprint density at radius 3 is 2.56 bits per heavy atom. The first-order chi connectivity index (χ1) is 13.0. The smallest absolute Gasteiger partial charge is 0.252 e. The normalized spacial score (nSPS) is 16.1. The number of hydrogen-bond acceptors (Lipinski definition) is 5. The molecule has 1 heterocycles. The summed E-state index contributed by atoms with van der Waals surface area (Å²) in [6, 6.07) is 11.5. The van der Waals surface area contributed by atoms with Crippen molar-refractivity contribution in [3.05, 3.63) is 65.7 Å². The third-order valence-electron chi connectivity index (χ3n) is 3.62. The van der Waals surface area contributed by atoms with Crippen LogP contribution in [0.3, 0.4) is 0 Å². The summed E-state index contributed by atoms with van der Waals surface area (Å²) < 4.78 is 27.1. The van der Waals surface area contributed by atoms with Gasteiger partial charge in [-0.1, -0.05) is 36.4 Å². The van der Waals surface area contributed by atoms with Gasteiger partial charge in [0.05, 0.1) is 12.6 Å². The summed E-state index contributed by atoms with van der Waals surface area (Å²) in [4.78, 5) is 27.9. The average molecular weight is 371 g/mol. The maximum absolute atomic E-state index is 13.6. The molecule has 3 rings (SSSR count). The molecule has 2 aromatic carbocycles. The first-order valence-corrected chi connectivity index (χ1v) is 7.99. The first-order valence-electron chi connectivity index (χ1n) is 7.99. The van der Waals surface area contributed by atoms with Crippen LogP contribution in [0.5, 0.6) is 0 Å². The van der Waals surface area contributed by atoms with E-state index in [-0.39, 0.29) is 12.4 Å². The lowest BCUT2D eigenvalue weighted by molar-refractivity contribution is -0.123. The van der Waals surface area contributed by atoms with Crippen LogP contribution < -0.4 is 16.1 Å². The van der Waals surface area contributed by atoms with E-state index in [4.69, 9.17) is 0 Å². The van der Waals surface area contributed by atoms with Crippen LogP contribution in [0, 0.1) is 11.6 Å². The maximum Gasteiger partial charge on any atom is 0.252 e. The molecule has 1 aliphatic rings. The number of anilines is 1. The number of carbonyl (C=O) groups is 2. The van der Waals surface area contributed by atoms with Crippen molar-refractivity contribution in [2.45, 2.75) is 12.5 Å². The molecule has 138 valence electrons. The summed E-state index contributed by atoms with van der Waals surface area (Å²) in [6.07, 6.45) is 1.17. The van der Waals surface area contributed by atoms with Gasteiger partial charge in [0.1, 0.15) is 23.4 Å². The average Bonchev–Trinajstić information content (AvgIpc) is 2.98. The molecule has 2 aromatic rings. The van der Waals surface area contributed by atoms with E-state index in [9.17, 15) is 18.4 Å². The van der Waals surface area contributed by atoms with Gasteiger partial charge in [0.2, 0.25) is 11.9 Å². The lowest BCUT2D eigenvalue weighted by atomic mass is 10.2. The molecule has 7 nitrogen and oxygen atoms in total. The van der Waals surface area contributed by atoms with E-state index in [1.807, 2.05) is 30.3 Å². The van der Waals surface area contributed by atoms with E-state index in [2.05, 4.69) is 26.2 Å². The lowest BCUT2D eigenvalue weighted by Gasteiger charge is -2.08. The fourth-order valence-corrected chi connectivity index (χ4v) is 2.33. The minimum absolute atomic E-state index is 0.0852. The zero-order valence-electron chi connectivity index (χ0n) is 13.9. The van der Waals surface area contributed by atoms with Crippen molar-refractivity contribution in [1.82, 2.24) is 10.7 Å². The maximum atomic E-state index is 13.6. The highest BCUT2D eigenvalue weighted by molar-refractivity contribution is 6.07. The third-order valence-corrected chi connectivity index (χ3v) is 3.62. The topological polar surface area (TPSA) is 94.9 Å². The quantitative estimate of drug-likeness (QED) is 0.552. The number of nitrogens with zero attached hydrogens (tertiary/aromatic N) is 2. The highest BCUT2D eigenvalue weighted by Crippen LogP contribution is 2.18. The number of amides is 2. The Morgan fingerprint density at radius 1 is 1.15 bits per heavy atom. The summed E-state index contributed by atoms with van der Waals surface area (Å²) in [6.45, 7) is 0. The summed E-state index contributed by atoms with van der Waals surface area (Å²) >= 11 is 0. The van der Waals surface area contributed by atoms with Gasteiger partial charge < -0.3 is 5.32 Å². The zero-order valence-corrected chi connectivity index (χ0v) is 13.9. The van der Waals surface area contributed by atoms with Gasteiger partial charge in [0.25, 0.3) is 5.91 Å². The van der Waals surface area contributed by atoms with Gasteiger partial charge in [-0.25, -0.2) is 19.2 Å². The molecule has 0 radical (unpaired) electrons. The van der Waals surface area contributed by atoms with Crippen molar-refractivity contribution in [3.63, 3.8) is 0 Å². The van der Waals surface area contributed by atoms with Gasteiger partial charge in [-0.15, -0.1) is 0 Å². The van der Waals surface area contributed by atoms with Gasteiger partial charge in [0, 0.05) is 0 Å². The molecule has 9 heteroatoms. The van der Waals surface area contributed by atoms with Crippen molar-refractivity contribution < 1.29 is 18.4 Å². The highest BCUT2D eigenvalue weighted by Gasteiger charge is 2.29. The number of guanidine groups is 1. The van der Waals surface area contributed by atoms with Crippen LogP contribution in [-0.2, 0) is 9.59 Å². The Morgan fingerprint density at radius 2 is 1.85 bits per heavy atom. The molecule has 0 aliphatic carbocycles. The van der Waals surface area contributed by atoms with Crippen LogP contribution in [0.2, 0.25) is 0 Å². The monoisotopic (exact) mass is 371 g/mol. The van der Waals surface area contributed by atoms with Crippen LogP contribution in [0.15, 0.2) is 58.6 Å². The highest BCUT2D eigenvalue weighted by atomic mass is 19.1. The molecular formula is C18H15F2N5O2. The van der Waals surface area contributed by atoms with Gasteiger partial charge in [-0.2, -0.15) is 5.10 Å². The molecule has 1 aliphatic heterocycles. The molecule has 0 bridgehead atoms. The molecule has 0 fully saturated rings. The van der Waals surface area contributed by atoms with Crippen LogP contribution in [0.1, 0.15) is 12.0 Å². The lowest BCUT2D eigenvalue weighted by Crippen LogP contribution is -2.35. The number of nitrogens with one attached hydrogen (secondary N) is 3. The van der Waals surface area contributed by atoms with Crippen LogP contribution in [-0.4, -0.2) is 30.0 Å². The van der Waals surface area contributed by atoms with Crippen molar-refractivity contribution >= 4 is 29.7 Å². The van der Waals surface area contributed by atoms with Gasteiger partial charge in [-0.05, 0) is 17.7 Å². The van der Waals surface area contributed by atoms with Crippen LogP contribution >= 0.6 is 0 Å². The van der Waals surface area contributed by atoms with Crippen molar-refractivity contribution in [2.75, 3.05) is 5.32 Å². The van der Waals surface area contributed by atoms with Crippen LogP contribution in [0.25, 0.3) is 0 Å². The Bertz CT molecular complexity index is 895. The van der Waals surface area contributed by atoms with E-state index in [1.165, 1.54) is 12.3 Å². The Labute approximate surface area is 153 Å². The Hall–Kier alpha value is -3.62. The zero-order chi connectivity index (χ0) is 19.2. The standard InChI is InChI=1S/C18H15F2N5O2/c19-12-7-4-8-13(20)16(12)23-15(26)9-14-17(27)24-18(22-14)25-21-10-11-5-2-1-3-6-11/h1-8,10,14H,9H2,(H,23,26)(H2,22,24,25,27)/b21-10-/t14-/m1/s1. The van der Waals surface area contributed by atoms with E-state index in [1.54, 1.807) is 0 Å². The number of halogens is 2. The molecule has 0 unspecified atom stereocenters. The fraction of sp³-hybridized carbons (Fsp3) is 0.111. The summed E-state index contributed by atoms with van der Waals surface area (Å²) in [7, 11) is 0. The summed E-state index contributed by atoms with van der Waals surface area (Å²) in [5.74, 6) is -2.98. The van der Waals surface area contributed by atoms with Gasteiger partial charge >= 0.3 is 0 Å². The minimum Gasteiger partial charge on any atom is -0.321 e. The number of carbonyl (C=O) groups excluding carboxylic acids is 2. The van der Waals surface area contributed by atoms with Crippen LogP contribution in [0.4, 0.5) is 14.5 Å². The number of benzene rings is 2. The van der Waals surface area contributed by atoms with Gasteiger partial charge in [0.15, 0.2) is 0 Å². The van der Waals surface area contributed by atoms with E-state index < -0.39 is 35.2 Å². The number of hydrogen-bond donors (Lipinski definition) is 3. The number of para-hydroxylation sites is 1. The van der Waals surface area contributed by atoms with Gasteiger partial charge in [-0.3, -0.25) is 14.9 Å². The SMILES string of the molecule is O=C(C[C@H]1N=C(N/N=C\c2ccccc2)NC1=O)Nc1c(F)cccc1F. The molecule has 0 saturated heterocycles. The molecule has 27 heavy (non-hydrogen) atoms. The summed E-state index contributed by atoms with van der Waals surface area (Å²) in [5, 5.41) is 8.50. The molecule has 2 amide bonds. The predicted molar refractivity (Wildman–Crippen MR) is 96.1 cm³/mol. The second-order valence-corrected chi connectivity index (χ2v) is 5.61. The molecule has 1 atom stereocenters. The van der Waals surface area contributed by atoms with Crippen molar-refractivity contribution in [3.8, 4) is 0 Å².